The molecule has 0 atom stereocenters. The Balaban J connectivity index is 2.59. The Morgan fingerprint density at radius 2 is 2.06 bits per heavy atom. The highest BCUT2D eigenvalue weighted by atomic mass is 16.3. The van der Waals surface area contributed by atoms with Crippen molar-refractivity contribution < 1.29 is 9.90 Å². The zero-order valence-electron chi connectivity index (χ0n) is 10.7. The van der Waals surface area contributed by atoms with Crippen molar-refractivity contribution in [1.82, 2.24) is 10.3 Å². The highest BCUT2D eigenvalue weighted by molar-refractivity contribution is 5.95. The zero-order valence-corrected chi connectivity index (χ0v) is 10.7. The molecule has 2 aromatic rings. The summed E-state index contributed by atoms with van der Waals surface area (Å²) in [5, 5.41) is 13.4. The molecule has 1 aromatic carbocycles. The number of pyridine rings is 1. The lowest BCUT2D eigenvalue weighted by atomic mass is 9.99. The standard InChI is InChI=1S/C14H16N2O2/c1-8(2)10-6-9-4-5-11(14(18)15-3)16-12(9)7-13(10)17/h4-8,17H,1-3H3,(H,15,18). The normalized spacial score (nSPS) is 10.9. The molecule has 0 fully saturated rings. The molecule has 0 unspecified atom stereocenters. The fourth-order valence-electron chi connectivity index (χ4n) is 1.89. The number of aromatic nitrogens is 1. The smallest absolute Gasteiger partial charge is 0.269 e. The van der Waals surface area contributed by atoms with E-state index in [0.29, 0.717) is 11.2 Å². The van der Waals surface area contributed by atoms with Crippen LogP contribution in [0.3, 0.4) is 0 Å². The van der Waals surface area contributed by atoms with Gasteiger partial charge in [-0.15, -0.1) is 0 Å². The monoisotopic (exact) mass is 244 g/mol. The Labute approximate surface area is 106 Å². The van der Waals surface area contributed by atoms with Gasteiger partial charge in [-0.2, -0.15) is 0 Å². The first kappa shape index (κ1) is 12.4. The summed E-state index contributed by atoms with van der Waals surface area (Å²) in [6.45, 7) is 4.04. The number of amides is 1. The van der Waals surface area contributed by atoms with Gasteiger partial charge in [0.25, 0.3) is 5.91 Å². The second kappa shape index (κ2) is 4.64. The van der Waals surface area contributed by atoms with E-state index in [-0.39, 0.29) is 17.6 Å². The molecule has 0 aliphatic heterocycles. The van der Waals surface area contributed by atoms with Gasteiger partial charge >= 0.3 is 0 Å². The van der Waals surface area contributed by atoms with Gasteiger partial charge < -0.3 is 10.4 Å². The summed E-state index contributed by atoms with van der Waals surface area (Å²) < 4.78 is 0. The average molecular weight is 244 g/mol. The van der Waals surface area contributed by atoms with Crippen molar-refractivity contribution >= 4 is 16.8 Å². The predicted octanol–water partition coefficient (Wildman–Crippen LogP) is 2.42. The van der Waals surface area contributed by atoms with Gasteiger partial charge in [0.05, 0.1) is 5.52 Å². The second-order valence-electron chi connectivity index (χ2n) is 4.53. The molecule has 2 rings (SSSR count). The van der Waals surface area contributed by atoms with Gasteiger partial charge in [0.1, 0.15) is 11.4 Å². The highest BCUT2D eigenvalue weighted by Crippen LogP contribution is 2.29. The van der Waals surface area contributed by atoms with Crippen LogP contribution < -0.4 is 5.32 Å². The van der Waals surface area contributed by atoms with E-state index in [0.717, 1.165) is 10.9 Å². The lowest BCUT2D eigenvalue weighted by Gasteiger charge is -2.10. The fraction of sp³-hybridized carbons (Fsp3) is 0.286. The Morgan fingerprint density at radius 3 is 2.67 bits per heavy atom. The van der Waals surface area contributed by atoms with E-state index in [1.807, 2.05) is 26.0 Å². The third kappa shape index (κ3) is 2.14. The van der Waals surface area contributed by atoms with Gasteiger partial charge in [-0.3, -0.25) is 4.79 Å². The quantitative estimate of drug-likeness (QED) is 0.852. The predicted molar refractivity (Wildman–Crippen MR) is 70.9 cm³/mol. The number of phenols is 1. The minimum atomic E-state index is -0.232. The minimum absolute atomic E-state index is 0.221. The summed E-state index contributed by atoms with van der Waals surface area (Å²) in [5.74, 6) is 0.233. The molecule has 1 heterocycles. The summed E-state index contributed by atoms with van der Waals surface area (Å²) in [4.78, 5) is 15.7. The van der Waals surface area contributed by atoms with Gasteiger partial charge in [0.15, 0.2) is 0 Å². The van der Waals surface area contributed by atoms with Crippen LogP contribution in [0.2, 0.25) is 0 Å². The van der Waals surface area contributed by atoms with E-state index in [4.69, 9.17) is 0 Å². The van der Waals surface area contributed by atoms with Crippen molar-refractivity contribution in [2.24, 2.45) is 0 Å². The molecule has 94 valence electrons. The topological polar surface area (TPSA) is 62.2 Å². The number of carbonyl (C=O) groups is 1. The third-order valence-electron chi connectivity index (χ3n) is 2.92. The van der Waals surface area contributed by atoms with E-state index in [9.17, 15) is 9.90 Å². The lowest BCUT2D eigenvalue weighted by molar-refractivity contribution is 0.0958. The van der Waals surface area contributed by atoms with Crippen molar-refractivity contribution in [3.63, 3.8) is 0 Å². The van der Waals surface area contributed by atoms with Crippen molar-refractivity contribution in [3.05, 3.63) is 35.5 Å². The molecule has 0 saturated carbocycles. The number of fused-ring (bicyclic) bond motifs is 1. The molecule has 0 aliphatic carbocycles. The number of benzene rings is 1. The van der Waals surface area contributed by atoms with E-state index < -0.39 is 0 Å². The maximum absolute atomic E-state index is 11.5. The van der Waals surface area contributed by atoms with Crippen molar-refractivity contribution in [3.8, 4) is 5.75 Å². The summed E-state index contributed by atoms with van der Waals surface area (Å²) >= 11 is 0. The van der Waals surface area contributed by atoms with Gasteiger partial charge in [-0.05, 0) is 23.6 Å². The molecule has 1 aromatic heterocycles. The van der Waals surface area contributed by atoms with Crippen LogP contribution in [0.4, 0.5) is 0 Å². The molecule has 0 radical (unpaired) electrons. The van der Waals surface area contributed by atoms with Crippen LogP contribution in [0.25, 0.3) is 10.9 Å². The van der Waals surface area contributed by atoms with Crippen molar-refractivity contribution in [2.75, 3.05) is 7.05 Å². The molecule has 0 saturated heterocycles. The summed E-state index contributed by atoms with van der Waals surface area (Å²) in [6, 6.07) is 7.05. The Bertz CT molecular complexity index is 606. The maximum Gasteiger partial charge on any atom is 0.269 e. The number of carbonyl (C=O) groups excluding carboxylic acids is 1. The molecule has 0 aliphatic rings. The zero-order chi connectivity index (χ0) is 13.3. The molecule has 1 amide bonds. The number of phenolic OH excluding ortho intramolecular Hbond substituents is 1. The first-order valence-electron chi connectivity index (χ1n) is 5.88. The van der Waals surface area contributed by atoms with Crippen LogP contribution in [-0.2, 0) is 0 Å². The summed E-state index contributed by atoms with van der Waals surface area (Å²) in [6.07, 6.45) is 0. The molecule has 0 spiro atoms. The highest BCUT2D eigenvalue weighted by Gasteiger charge is 2.10. The van der Waals surface area contributed by atoms with Crippen molar-refractivity contribution in [1.29, 1.82) is 0 Å². The molecular weight excluding hydrogens is 228 g/mol. The molecule has 4 nitrogen and oxygen atoms in total. The summed E-state index contributed by atoms with van der Waals surface area (Å²) in [7, 11) is 1.56. The largest absolute Gasteiger partial charge is 0.508 e. The molecule has 4 heteroatoms. The van der Waals surface area contributed by atoms with Gasteiger partial charge in [0, 0.05) is 18.5 Å². The van der Waals surface area contributed by atoms with Crippen LogP contribution in [0, 0.1) is 0 Å². The fourth-order valence-corrected chi connectivity index (χ4v) is 1.89. The molecule has 2 N–H and O–H groups in total. The lowest BCUT2D eigenvalue weighted by Crippen LogP contribution is -2.19. The van der Waals surface area contributed by atoms with Crippen molar-refractivity contribution in [2.45, 2.75) is 19.8 Å². The molecular formula is C14H16N2O2. The number of hydrogen-bond donors (Lipinski definition) is 2. The van der Waals surface area contributed by atoms with E-state index in [1.165, 1.54) is 0 Å². The number of hydrogen-bond acceptors (Lipinski definition) is 3. The van der Waals surface area contributed by atoms with Crippen LogP contribution >= 0.6 is 0 Å². The van der Waals surface area contributed by atoms with Crippen LogP contribution in [-0.4, -0.2) is 23.0 Å². The number of rotatable bonds is 2. The number of nitrogens with zero attached hydrogens (tertiary/aromatic N) is 1. The Hall–Kier alpha value is -2.10. The number of nitrogens with one attached hydrogen (secondary N) is 1. The minimum Gasteiger partial charge on any atom is -0.508 e. The maximum atomic E-state index is 11.5. The van der Waals surface area contributed by atoms with E-state index in [1.54, 1.807) is 19.2 Å². The molecule has 0 bridgehead atoms. The van der Waals surface area contributed by atoms with Crippen LogP contribution in [0.1, 0.15) is 35.8 Å². The Kier molecular flexibility index (Phi) is 3.19. The van der Waals surface area contributed by atoms with Gasteiger partial charge in [-0.25, -0.2) is 4.98 Å². The van der Waals surface area contributed by atoms with Crippen LogP contribution in [0.5, 0.6) is 5.75 Å². The average Bonchev–Trinajstić information content (AvgIpc) is 2.35. The Morgan fingerprint density at radius 1 is 1.33 bits per heavy atom. The third-order valence-corrected chi connectivity index (χ3v) is 2.92. The second-order valence-corrected chi connectivity index (χ2v) is 4.53. The first-order valence-corrected chi connectivity index (χ1v) is 5.88. The van der Waals surface area contributed by atoms with E-state index >= 15 is 0 Å². The molecule has 18 heavy (non-hydrogen) atoms. The number of aromatic hydroxyl groups is 1. The van der Waals surface area contributed by atoms with Gasteiger partial charge in [-0.1, -0.05) is 19.9 Å². The van der Waals surface area contributed by atoms with Crippen LogP contribution in [0.15, 0.2) is 24.3 Å². The first-order chi connectivity index (χ1) is 8.52. The van der Waals surface area contributed by atoms with Gasteiger partial charge in [0.2, 0.25) is 0 Å². The summed E-state index contributed by atoms with van der Waals surface area (Å²) in [5.41, 5.74) is 1.86. The van der Waals surface area contributed by atoms with E-state index in [2.05, 4.69) is 10.3 Å². The SMILES string of the molecule is CNC(=O)c1ccc2cc(C(C)C)c(O)cc2n1.